The predicted molar refractivity (Wildman–Crippen MR) is 108 cm³/mol. The number of thiocarbonyl (C=S) groups is 1. The zero-order valence-electron chi connectivity index (χ0n) is 16.6. The number of allylic oxidation sites excluding steroid dienone is 1. The van der Waals surface area contributed by atoms with E-state index >= 15 is 0 Å². The van der Waals surface area contributed by atoms with Crippen LogP contribution in [0.25, 0.3) is 0 Å². The first kappa shape index (κ1) is 20.4. The number of hydrogen-bond donors (Lipinski definition) is 1. The Hall–Kier alpha value is -2.32. The molecule has 1 aromatic rings. The first-order valence-corrected chi connectivity index (χ1v) is 9.61. The molecule has 28 heavy (non-hydrogen) atoms. The van der Waals surface area contributed by atoms with Crippen LogP contribution in [0.2, 0.25) is 0 Å². The molecular formula is C20H26N2O5S. The fourth-order valence-electron chi connectivity index (χ4n) is 3.46. The van der Waals surface area contributed by atoms with Crippen LogP contribution in [0.1, 0.15) is 31.4 Å². The van der Waals surface area contributed by atoms with Crippen LogP contribution in [0.5, 0.6) is 11.5 Å². The molecule has 1 atom stereocenters. The van der Waals surface area contributed by atoms with Crippen LogP contribution in [0.4, 0.5) is 0 Å². The van der Waals surface area contributed by atoms with Gasteiger partial charge in [0.05, 0.1) is 32.4 Å². The Labute approximate surface area is 170 Å². The Balaban J connectivity index is 2.05. The van der Waals surface area contributed by atoms with Gasteiger partial charge in [0.1, 0.15) is 6.61 Å². The largest absolute Gasteiger partial charge is 0.493 e. The maximum atomic E-state index is 13.0. The van der Waals surface area contributed by atoms with Gasteiger partial charge in [0.25, 0.3) is 0 Å². The van der Waals surface area contributed by atoms with E-state index in [-0.39, 0.29) is 6.61 Å². The molecule has 1 aromatic carbocycles. The lowest BCUT2D eigenvalue weighted by molar-refractivity contribution is -0.140. The van der Waals surface area contributed by atoms with E-state index in [4.69, 9.17) is 31.2 Å². The van der Waals surface area contributed by atoms with E-state index in [1.807, 2.05) is 30.0 Å². The van der Waals surface area contributed by atoms with Gasteiger partial charge in [0.15, 0.2) is 16.6 Å². The Morgan fingerprint density at radius 2 is 1.96 bits per heavy atom. The molecule has 1 saturated carbocycles. The van der Waals surface area contributed by atoms with Crippen molar-refractivity contribution in [2.75, 3.05) is 34.5 Å². The molecule has 3 rings (SSSR count). The molecule has 1 heterocycles. The number of ether oxygens (including phenoxy) is 4. The van der Waals surface area contributed by atoms with Crippen molar-refractivity contribution in [1.82, 2.24) is 10.2 Å². The number of esters is 1. The molecule has 0 unspecified atom stereocenters. The van der Waals surface area contributed by atoms with Crippen LogP contribution in [-0.2, 0) is 14.3 Å². The van der Waals surface area contributed by atoms with E-state index in [1.54, 1.807) is 21.3 Å². The summed E-state index contributed by atoms with van der Waals surface area (Å²) < 4.78 is 21.5. The normalized spacial score (nSPS) is 19.4. The fraction of sp³-hybridized carbons (Fsp3) is 0.500. The molecular weight excluding hydrogens is 380 g/mol. The second kappa shape index (κ2) is 8.79. The van der Waals surface area contributed by atoms with E-state index < -0.39 is 12.0 Å². The highest BCUT2D eigenvalue weighted by atomic mass is 32.1. The SMILES string of the molecule is COCCOC(=O)C1=C(C)N(C2CC2)C(=S)N[C@@H]1c1cccc(OC)c1OC. The highest BCUT2D eigenvalue weighted by Gasteiger charge is 2.41. The molecule has 1 N–H and O–H groups in total. The molecule has 1 aliphatic heterocycles. The van der Waals surface area contributed by atoms with Gasteiger partial charge >= 0.3 is 5.97 Å². The van der Waals surface area contributed by atoms with Crippen molar-refractivity contribution in [2.24, 2.45) is 0 Å². The number of para-hydroxylation sites is 1. The number of nitrogens with one attached hydrogen (secondary N) is 1. The highest BCUT2D eigenvalue weighted by molar-refractivity contribution is 7.80. The number of benzene rings is 1. The molecule has 0 radical (unpaired) electrons. The molecule has 7 nitrogen and oxygen atoms in total. The van der Waals surface area contributed by atoms with Crippen molar-refractivity contribution < 1.29 is 23.7 Å². The van der Waals surface area contributed by atoms with Gasteiger partial charge in [-0.05, 0) is 38.0 Å². The smallest absolute Gasteiger partial charge is 0.338 e. The summed E-state index contributed by atoms with van der Waals surface area (Å²) in [6, 6.07) is 5.40. The minimum absolute atomic E-state index is 0.182. The van der Waals surface area contributed by atoms with Crippen molar-refractivity contribution in [3.05, 3.63) is 35.0 Å². The first-order chi connectivity index (χ1) is 13.5. The van der Waals surface area contributed by atoms with Crippen molar-refractivity contribution >= 4 is 23.3 Å². The summed E-state index contributed by atoms with van der Waals surface area (Å²) in [5, 5.41) is 3.91. The summed E-state index contributed by atoms with van der Waals surface area (Å²) in [6.07, 6.45) is 2.11. The quantitative estimate of drug-likeness (QED) is 0.401. The third-order valence-electron chi connectivity index (χ3n) is 4.92. The minimum atomic E-state index is -0.498. The van der Waals surface area contributed by atoms with E-state index in [0.29, 0.717) is 34.8 Å². The lowest BCUT2D eigenvalue weighted by Crippen LogP contribution is -2.48. The van der Waals surface area contributed by atoms with Gasteiger partial charge in [-0.25, -0.2) is 4.79 Å². The van der Waals surface area contributed by atoms with E-state index in [1.165, 1.54) is 0 Å². The molecule has 2 aliphatic rings. The second-order valence-corrected chi connectivity index (χ2v) is 7.08. The van der Waals surface area contributed by atoms with Crippen molar-refractivity contribution in [1.29, 1.82) is 0 Å². The Morgan fingerprint density at radius 1 is 1.21 bits per heavy atom. The average molecular weight is 407 g/mol. The number of rotatable bonds is 8. The molecule has 152 valence electrons. The van der Waals surface area contributed by atoms with Gasteiger partial charge < -0.3 is 29.2 Å². The van der Waals surface area contributed by atoms with Crippen molar-refractivity contribution in [3.8, 4) is 11.5 Å². The standard InChI is InChI=1S/C20H26N2O5S/c1-12-16(19(23)27-11-10-24-2)17(21-20(28)22(12)13-8-9-13)14-6-5-7-15(25-3)18(14)26-4/h5-7,13,17H,8-11H2,1-4H3,(H,21,28)/t17-/m1/s1. The van der Waals surface area contributed by atoms with E-state index in [9.17, 15) is 4.79 Å². The van der Waals surface area contributed by atoms with Crippen LogP contribution < -0.4 is 14.8 Å². The highest BCUT2D eigenvalue weighted by Crippen LogP contribution is 2.42. The summed E-state index contributed by atoms with van der Waals surface area (Å²) >= 11 is 5.62. The zero-order valence-corrected chi connectivity index (χ0v) is 17.4. The maximum Gasteiger partial charge on any atom is 0.338 e. The Bertz CT molecular complexity index is 791. The fourth-order valence-corrected chi connectivity index (χ4v) is 3.87. The summed E-state index contributed by atoms with van der Waals surface area (Å²) in [5.74, 6) is 0.743. The molecule has 0 amide bonds. The van der Waals surface area contributed by atoms with Crippen LogP contribution in [0.3, 0.4) is 0 Å². The first-order valence-electron chi connectivity index (χ1n) is 9.20. The lowest BCUT2D eigenvalue weighted by Gasteiger charge is -2.38. The van der Waals surface area contributed by atoms with Crippen molar-refractivity contribution in [3.63, 3.8) is 0 Å². The van der Waals surface area contributed by atoms with Gasteiger partial charge in [-0.2, -0.15) is 0 Å². The van der Waals surface area contributed by atoms with E-state index in [2.05, 4.69) is 5.32 Å². The van der Waals surface area contributed by atoms with Gasteiger partial charge in [-0.1, -0.05) is 12.1 Å². The van der Waals surface area contributed by atoms with Crippen molar-refractivity contribution in [2.45, 2.75) is 31.8 Å². The predicted octanol–water partition coefficient (Wildman–Crippen LogP) is 2.56. The lowest BCUT2D eigenvalue weighted by atomic mass is 9.94. The van der Waals surface area contributed by atoms with Crippen LogP contribution in [0, 0.1) is 0 Å². The Kier molecular flexibility index (Phi) is 6.41. The molecule has 1 aliphatic carbocycles. The molecule has 8 heteroatoms. The van der Waals surface area contributed by atoms with Crippen LogP contribution >= 0.6 is 12.2 Å². The number of methoxy groups -OCH3 is 3. The number of carbonyl (C=O) groups excluding carboxylic acids is 1. The van der Waals surface area contributed by atoms with Gasteiger partial charge in [-0.15, -0.1) is 0 Å². The average Bonchev–Trinajstić information content (AvgIpc) is 3.51. The topological polar surface area (TPSA) is 69.3 Å². The number of nitrogens with zero attached hydrogens (tertiary/aromatic N) is 1. The summed E-state index contributed by atoms with van der Waals surface area (Å²) in [7, 11) is 4.72. The number of hydrogen-bond acceptors (Lipinski definition) is 6. The Morgan fingerprint density at radius 3 is 2.57 bits per heavy atom. The molecule has 0 aromatic heterocycles. The molecule has 1 fully saturated rings. The summed E-state index contributed by atoms with van der Waals surface area (Å²) in [5.41, 5.74) is 2.09. The van der Waals surface area contributed by atoms with E-state index in [0.717, 1.165) is 24.1 Å². The number of carbonyl (C=O) groups is 1. The summed E-state index contributed by atoms with van der Waals surface area (Å²) in [4.78, 5) is 15.0. The molecule has 0 spiro atoms. The summed E-state index contributed by atoms with van der Waals surface area (Å²) in [6.45, 7) is 2.43. The monoisotopic (exact) mass is 406 g/mol. The molecule has 0 bridgehead atoms. The molecule has 0 saturated heterocycles. The van der Waals surface area contributed by atoms with Crippen LogP contribution in [0.15, 0.2) is 29.5 Å². The van der Waals surface area contributed by atoms with Gasteiger partial charge in [-0.3, -0.25) is 0 Å². The van der Waals surface area contributed by atoms with Gasteiger partial charge in [0.2, 0.25) is 0 Å². The van der Waals surface area contributed by atoms with Gasteiger partial charge in [0, 0.05) is 24.4 Å². The third kappa shape index (κ3) is 3.93. The second-order valence-electron chi connectivity index (χ2n) is 6.69. The maximum absolute atomic E-state index is 13.0. The van der Waals surface area contributed by atoms with Crippen LogP contribution in [-0.4, -0.2) is 56.6 Å². The third-order valence-corrected chi connectivity index (χ3v) is 5.24. The zero-order chi connectivity index (χ0) is 20.3. The minimum Gasteiger partial charge on any atom is -0.493 e.